The molecule has 0 saturated carbocycles. The lowest BCUT2D eigenvalue weighted by atomic mass is 9.89. The van der Waals surface area contributed by atoms with Crippen molar-refractivity contribution in [1.29, 1.82) is 0 Å². The van der Waals surface area contributed by atoms with Crippen molar-refractivity contribution < 1.29 is 39.8 Å². The molecule has 2 unspecified atom stereocenters. The van der Waals surface area contributed by atoms with E-state index in [2.05, 4.69) is 0 Å². The lowest BCUT2D eigenvalue weighted by Gasteiger charge is -2.36. The Morgan fingerprint density at radius 2 is 1.71 bits per heavy atom. The minimum Gasteiger partial charge on any atom is -0.508 e. The van der Waals surface area contributed by atoms with Crippen molar-refractivity contribution >= 4 is 5.78 Å². The fraction of sp³-hybridized carbons (Fsp3) is 0.188. The largest absolute Gasteiger partial charge is 0.508 e. The van der Waals surface area contributed by atoms with Crippen molar-refractivity contribution in [2.75, 3.05) is 0 Å². The summed E-state index contributed by atoms with van der Waals surface area (Å²) in [5.74, 6) is -4.72. The molecule has 124 valence electrons. The maximum absolute atomic E-state index is 12.7. The van der Waals surface area contributed by atoms with Crippen LogP contribution in [0.2, 0.25) is 0 Å². The van der Waals surface area contributed by atoms with Gasteiger partial charge < -0.3 is 35.0 Å². The molecule has 1 spiro atoms. The van der Waals surface area contributed by atoms with E-state index in [9.17, 15) is 30.3 Å². The first-order chi connectivity index (χ1) is 11.3. The SMILES string of the molecule is O=C1c2c(O)cc(O)cc2OC12OCc1cc(O)c(O)cc1C2O. The van der Waals surface area contributed by atoms with E-state index in [1.165, 1.54) is 6.07 Å². The molecule has 2 atom stereocenters. The molecule has 8 heteroatoms. The van der Waals surface area contributed by atoms with Crippen molar-refractivity contribution in [3.8, 4) is 28.7 Å². The molecule has 0 fully saturated rings. The zero-order valence-electron chi connectivity index (χ0n) is 12.1. The maximum Gasteiger partial charge on any atom is 0.306 e. The smallest absolute Gasteiger partial charge is 0.306 e. The van der Waals surface area contributed by atoms with Crippen LogP contribution in [0.25, 0.3) is 0 Å². The molecule has 0 radical (unpaired) electrons. The number of carbonyl (C=O) groups is 1. The molecule has 2 heterocycles. The lowest BCUT2D eigenvalue weighted by molar-refractivity contribution is -0.215. The number of benzene rings is 2. The Morgan fingerprint density at radius 3 is 2.46 bits per heavy atom. The Bertz CT molecular complexity index is 890. The van der Waals surface area contributed by atoms with Crippen LogP contribution in [0.5, 0.6) is 28.7 Å². The molecule has 2 aliphatic heterocycles. The monoisotopic (exact) mass is 332 g/mol. The normalized spacial score (nSPS) is 24.5. The minimum atomic E-state index is -2.13. The summed E-state index contributed by atoms with van der Waals surface area (Å²) in [7, 11) is 0. The third-order valence-corrected chi connectivity index (χ3v) is 4.20. The van der Waals surface area contributed by atoms with E-state index in [1.807, 2.05) is 0 Å². The van der Waals surface area contributed by atoms with Gasteiger partial charge >= 0.3 is 5.79 Å². The van der Waals surface area contributed by atoms with Gasteiger partial charge in [0.2, 0.25) is 5.78 Å². The number of aliphatic hydroxyl groups is 1. The van der Waals surface area contributed by atoms with Crippen LogP contribution in [0.15, 0.2) is 24.3 Å². The molecule has 2 aromatic rings. The summed E-state index contributed by atoms with van der Waals surface area (Å²) in [5, 5.41) is 49.2. The van der Waals surface area contributed by atoms with Gasteiger partial charge in [0.05, 0.1) is 6.61 Å². The molecular formula is C16H12O8. The van der Waals surface area contributed by atoms with Gasteiger partial charge in [0.25, 0.3) is 0 Å². The Kier molecular flexibility index (Phi) is 2.76. The predicted octanol–water partition coefficient (Wildman–Crippen LogP) is 1.04. The average molecular weight is 332 g/mol. The minimum absolute atomic E-state index is 0.122. The van der Waals surface area contributed by atoms with E-state index in [0.29, 0.717) is 5.56 Å². The second-order valence-corrected chi connectivity index (χ2v) is 5.67. The highest BCUT2D eigenvalue weighted by Crippen LogP contribution is 2.51. The van der Waals surface area contributed by atoms with Gasteiger partial charge in [-0.1, -0.05) is 0 Å². The van der Waals surface area contributed by atoms with E-state index >= 15 is 0 Å². The average Bonchev–Trinajstić information content (AvgIpc) is 2.79. The summed E-state index contributed by atoms with van der Waals surface area (Å²) in [6.45, 7) is -0.174. The number of rotatable bonds is 0. The number of phenolic OH excluding ortho intramolecular Hbond substituents is 4. The molecule has 0 saturated heterocycles. The third-order valence-electron chi connectivity index (χ3n) is 4.20. The van der Waals surface area contributed by atoms with Crippen LogP contribution in [-0.2, 0) is 11.3 Å². The molecule has 0 amide bonds. The summed E-state index contributed by atoms with van der Waals surface area (Å²) in [4.78, 5) is 12.7. The summed E-state index contributed by atoms with van der Waals surface area (Å²) >= 11 is 0. The molecule has 5 N–H and O–H groups in total. The first-order valence-corrected chi connectivity index (χ1v) is 7.00. The van der Waals surface area contributed by atoms with Crippen LogP contribution in [0.1, 0.15) is 27.6 Å². The van der Waals surface area contributed by atoms with Gasteiger partial charge in [-0.25, -0.2) is 0 Å². The molecular weight excluding hydrogens is 320 g/mol. The number of fused-ring (bicyclic) bond motifs is 2. The van der Waals surface area contributed by atoms with Crippen LogP contribution in [0.3, 0.4) is 0 Å². The van der Waals surface area contributed by atoms with E-state index in [1.54, 1.807) is 0 Å². The van der Waals surface area contributed by atoms with Crippen molar-refractivity contribution in [1.82, 2.24) is 0 Å². The number of ketones is 1. The molecule has 24 heavy (non-hydrogen) atoms. The summed E-state index contributed by atoms with van der Waals surface area (Å²) in [5.41, 5.74) is 0.322. The number of Topliss-reactive ketones (excluding diaryl/α,β-unsaturated/α-hetero) is 1. The Balaban J connectivity index is 1.85. The quantitative estimate of drug-likeness (QED) is 0.451. The summed E-state index contributed by atoms with van der Waals surface area (Å²) in [6.07, 6.45) is -1.62. The highest BCUT2D eigenvalue weighted by Gasteiger charge is 2.59. The number of phenols is 4. The number of ether oxygens (including phenoxy) is 2. The predicted molar refractivity (Wildman–Crippen MR) is 77.0 cm³/mol. The zero-order valence-corrected chi connectivity index (χ0v) is 12.1. The highest BCUT2D eigenvalue weighted by atomic mass is 16.7. The molecule has 8 nitrogen and oxygen atoms in total. The van der Waals surface area contributed by atoms with Gasteiger partial charge in [-0.05, 0) is 23.3 Å². The van der Waals surface area contributed by atoms with Crippen molar-refractivity contribution in [2.45, 2.75) is 18.5 Å². The van der Waals surface area contributed by atoms with Crippen LogP contribution in [-0.4, -0.2) is 37.1 Å². The van der Waals surface area contributed by atoms with Crippen molar-refractivity contribution in [3.63, 3.8) is 0 Å². The Morgan fingerprint density at radius 1 is 1.00 bits per heavy atom. The van der Waals surface area contributed by atoms with Gasteiger partial charge in [-0.2, -0.15) is 0 Å². The summed E-state index contributed by atoms with van der Waals surface area (Å²) < 4.78 is 10.9. The Hall–Kier alpha value is -2.97. The highest BCUT2D eigenvalue weighted by molar-refractivity contribution is 6.09. The van der Waals surface area contributed by atoms with Crippen molar-refractivity contribution in [2.24, 2.45) is 0 Å². The van der Waals surface area contributed by atoms with Crippen LogP contribution in [0.4, 0.5) is 0 Å². The van der Waals surface area contributed by atoms with Crippen LogP contribution in [0, 0.1) is 0 Å². The maximum atomic E-state index is 12.7. The molecule has 2 aliphatic rings. The number of aliphatic hydroxyl groups excluding tert-OH is 1. The van der Waals surface area contributed by atoms with E-state index in [-0.39, 0.29) is 35.0 Å². The molecule has 0 aromatic heterocycles. The van der Waals surface area contributed by atoms with Crippen LogP contribution >= 0.6 is 0 Å². The first kappa shape index (κ1) is 14.6. The van der Waals surface area contributed by atoms with Gasteiger partial charge in [0.1, 0.15) is 22.8 Å². The fourth-order valence-corrected chi connectivity index (χ4v) is 3.04. The molecule has 2 aromatic carbocycles. The molecule has 0 bridgehead atoms. The van der Waals surface area contributed by atoms with Gasteiger partial charge in [-0.15, -0.1) is 0 Å². The van der Waals surface area contributed by atoms with Gasteiger partial charge in [-0.3, -0.25) is 4.79 Å². The first-order valence-electron chi connectivity index (χ1n) is 7.00. The molecule has 0 aliphatic carbocycles. The summed E-state index contributed by atoms with van der Waals surface area (Å²) in [6, 6.07) is 4.45. The fourth-order valence-electron chi connectivity index (χ4n) is 3.04. The van der Waals surface area contributed by atoms with Gasteiger partial charge in [0, 0.05) is 12.1 Å². The van der Waals surface area contributed by atoms with Crippen molar-refractivity contribution in [3.05, 3.63) is 41.0 Å². The Labute approximate surface area is 134 Å². The van der Waals surface area contributed by atoms with E-state index in [4.69, 9.17) is 9.47 Å². The molecule has 4 rings (SSSR count). The number of carbonyl (C=O) groups excluding carboxylic acids is 1. The zero-order chi connectivity index (χ0) is 17.2. The number of hydrogen-bond acceptors (Lipinski definition) is 8. The van der Waals surface area contributed by atoms with E-state index in [0.717, 1.165) is 18.2 Å². The van der Waals surface area contributed by atoms with Crippen LogP contribution < -0.4 is 4.74 Å². The van der Waals surface area contributed by atoms with E-state index < -0.39 is 29.2 Å². The second kappa shape index (κ2) is 4.53. The topological polar surface area (TPSA) is 137 Å². The lowest BCUT2D eigenvalue weighted by Crippen LogP contribution is -2.51. The number of hydrogen-bond donors (Lipinski definition) is 5. The third kappa shape index (κ3) is 1.72. The second-order valence-electron chi connectivity index (χ2n) is 5.67. The van der Waals surface area contributed by atoms with Gasteiger partial charge in [0.15, 0.2) is 17.6 Å². The standard InChI is InChI=1S/C16H12O8/c17-7-2-11(20)13-12(3-7)24-16(15(13)22)14(21)8-4-10(19)9(18)1-6(8)5-23-16/h1-4,14,17-21H,5H2. The number of aromatic hydroxyl groups is 4.